The number of aromatic nitrogens is 2. The van der Waals surface area contributed by atoms with Crippen molar-refractivity contribution in [1.29, 1.82) is 0 Å². The Labute approximate surface area is 179 Å². The number of nitrogens with zero attached hydrogens (tertiary/aromatic N) is 2. The molecule has 3 aromatic carbocycles. The lowest BCUT2D eigenvalue weighted by Crippen LogP contribution is -2.31. The minimum absolute atomic E-state index is 0.244. The molecule has 31 heavy (non-hydrogen) atoms. The predicted molar refractivity (Wildman–Crippen MR) is 120 cm³/mol. The predicted octanol–water partition coefficient (Wildman–Crippen LogP) is 5.41. The van der Waals surface area contributed by atoms with Gasteiger partial charge in [0, 0.05) is 11.4 Å². The van der Waals surface area contributed by atoms with E-state index in [-0.39, 0.29) is 11.7 Å². The van der Waals surface area contributed by atoms with Gasteiger partial charge in [0.2, 0.25) is 5.95 Å². The third-order valence-electron chi connectivity index (χ3n) is 5.55. The summed E-state index contributed by atoms with van der Waals surface area (Å²) in [4.78, 5) is 18.1. The molecule has 0 saturated carbocycles. The van der Waals surface area contributed by atoms with Gasteiger partial charge in [-0.1, -0.05) is 42.0 Å². The van der Waals surface area contributed by atoms with E-state index in [1.54, 1.807) is 6.07 Å². The van der Waals surface area contributed by atoms with Gasteiger partial charge in [-0.25, -0.2) is 9.37 Å². The summed E-state index contributed by atoms with van der Waals surface area (Å²) in [6, 6.07) is 21.2. The number of benzene rings is 3. The maximum Gasteiger partial charge on any atom is 0.255 e. The van der Waals surface area contributed by atoms with E-state index in [1.807, 2.05) is 73.0 Å². The number of anilines is 2. The van der Waals surface area contributed by atoms with Crippen molar-refractivity contribution in [3.63, 3.8) is 0 Å². The average Bonchev–Trinajstić information content (AvgIpc) is 3.12. The Bertz CT molecular complexity index is 1340. The van der Waals surface area contributed by atoms with Crippen LogP contribution in [0.3, 0.4) is 0 Å². The topological polar surface area (TPSA) is 59.0 Å². The summed E-state index contributed by atoms with van der Waals surface area (Å²) >= 11 is 0. The number of carbonyl (C=O) groups excluding carboxylic acids is 1. The van der Waals surface area contributed by atoms with Crippen LogP contribution in [0.4, 0.5) is 16.0 Å². The monoisotopic (exact) mass is 412 g/mol. The van der Waals surface area contributed by atoms with Gasteiger partial charge in [-0.3, -0.25) is 9.36 Å². The number of hydrogen-bond acceptors (Lipinski definition) is 3. The number of carbonyl (C=O) groups is 1. The molecule has 2 heterocycles. The summed E-state index contributed by atoms with van der Waals surface area (Å²) in [6.45, 7) is 3.84. The van der Waals surface area contributed by atoms with Gasteiger partial charge in [0.15, 0.2) is 0 Å². The van der Waals surface area contributed by atoms with Crippen molar-refractivity contribution in [2.75, 3.05) is 10.6 Å². The zero-order valence-electron chi connectivity index (χ0n) is 17.2. The van der Waals surface area contributed by atoms with Crippen LogP contribution in [-0.4, -0.2) is 15.5 Å². The Morgan fingerprint density at radius 1 is 1.03 bits per heavy atom. The van der Waals surface area contributed by atoms with Crippen LogP contribution in [0.15, 0.2) is 84.1 Å². The van der Waals surface area contributed by atoms with E-state index in [2.05, 4.69) is 15.6 Å². The second-order valence-electron chi connectivity index (χ2n) is 7.74. The highest BCUT2D eigenvalue weighted by molar-refractivity contribution is 6.06. The highest BCUT2D eigenvalue weighted by Gasteiger charge is 2.34. The van der Waals surface area contributed by atoms with Gasteiger partial charge in [-0.2, -0.15) is 0 Å². The Hall–Kier alpha value is -3.93. The Morgan fingerprint density at radius 2 is 1.81 bits per heavy atom. The molecule has 0 spiro atoms. The fourth-order valence-corrected chi connectivity index (χ4v) is 4.09. The van der Waals surface area contributed by atoms with Crippen LogP contribution in [0.1, 0.15) is 24.1 Å². The first-order chi connectivity index (χ1) is 15.0. The zero-order valence-corrected chi connectivity index (χ0v) is 17.2. The van der Waals surface area contributed by atoms with Gasteiger partial charge in [0.05, 0.1) is 22.6 Å². The summed E-state index contributed by atoms with van der Waals surface area (Å²) in [5, 5.41) is 6.26. The van der Waals surface area contributed by atoms with Gasteiger partial charge >= 0.3 is 0 Å². The molecule has 1 aromatic heterocycles. The Morgan fingerprint density at radius 3 is 2.58 bits per heavy atom. The molecule has 1 aliphatic rings. The largest absolute Gasteiger partial charge is 0.329 e. The lowest BCUT2D eigenvalue weighted by molar-refractivity contribution is -0.113. The number of allylic oxidation sites excluding steroid dienone is 1. The molecule has 1 amide bonds. The molecular weight excluding hydrogens is 391 g/mol. The first-order valence-corrected chi connectivity index (χ1v) is 10.1. The molecule has 2 N–H and O–H groups in total. The minimum Gasteiger partial charge on any atom is -0.329 e. The molecule has 5 rings (SSSR count). The van der Waals surface area contributed by atoms with E-state index in [0.29, 0.717) is 28.5 Å². The van der Waals surface area contributed by atoms with Crippen LogP contribution < -0.4 is 10.6 Å². The van der Waals surface area contributed by atoms with Gasteiger partial charge in [0.1, 0.15) is 5.82 Å². The highest BCUT2D eigenvalue weighted by Crippen LogP contribution is 2.39. The fourth-order valence-electron chi connectivity index (χ4n) is 4.09. The Kier molecular flexibility index (Phi) is 4.55. The number of amides is 1. The van der Waals surface area contributed by atoms with E-state index >= 15 is 0 Å². The number of rotatable bonds is 3. The van der Waals surface area contributed by atoms with Crippen LogP contribution in [0.2, 0.25) is 0 Å². The van der Waals surface area contributed by atoms with Gasteiger partial charge < -0.3 is 10.6 Å². The van der Waals surface area contributed by atoms with Crippen LogP contribution in [0.25, 0.3) is 11.0 Å². The molecular formula is C25H21FN4O. The number of fused-ring (bicyclic) bond motifs is 3. The van der Waals surface area contributed by atoms with Crippen molar-refractivity contribution in [1.82, 2.24) is 9.55 Å². The molecule has 154 valence electrons. The van der Waals surface area contributed by atoms with E-state index < -0.39 is 6.04 Å². The summed E-state index contributed by atoms with van der Waals surface area (Å²) in [5.74, 6) is 0.0318. The number of halogens is 1. The van der Waals surface area contributed by atoms with E-state index in [4.69, 9.17) is 0 Å². The van der Waals surface area contributed by atoms with Crippen molar-refractivity contribution in [3.05, 3.63) is 101 Å². The lowest BCUT2D eigenvalue weighted by Gasteiger charge is -2.30. The molecule has 1 atom stereocenters. The number of hydrogen-bond donors (Lipinski definition) is 2. The van der Waals surface area contributed by atoms with Gasteiger partial charge in [-0.15, -0.1) is 0 Å². The van der Waals surface area contributed by atoms with Crippen molar-refractivity contribution < 1.29 is 9.18 Å². The number of nitrogens with one attached hydrogen (secondary N) is 2. The highest BCUT2D eigenvalue weighted by atomic mass is 19.1. The minimum atomic E-state index is -0.523. The summed E-state index contributed by atoms with van der Waals surface area (Å²) < 4.78 is 16.2. The summed E-state index contributed by atoms with van der Waals surface area (Å²) in [6.07, 6.45) is 0. The first kappa shape index (κ1) is 19.1. The molecule has 5 nitrogen and oxygen atoms in total. The lowest BCUT2D eigenvalue weighted by atomic mass is 9.94. The van der Waals surface area contributed by atoms with E-state index in [1.165, 1.54) is 12.1 Å². The first-order valence-electron chi connectivity index (χ1n) is 10.1. The van der Waals surface area contributed by atoms with Crippen molar-refractivity contribution in [2.24, 2.45) is 0 Å². The molecule has 0 aliphatic carbocycles. The quantitative estimate of drug-likeness (QED) is 0.473. The van der Waals surface area contributed by atoms with Crippen LogP contribution in [-0.2, 0) is 4.79 Å². The normalized spacial score (nSPS) is 15.5. The van der Waals surface area contributed by atoms with Crippen molar-refractivity contribution >= 4 is 28.6 Å². The molecule has 0 radical (unpaired) electrons. The van der Waals surface area contributed by atoms with E-state index in [0.717, 1.165) is 16.6 Å². The number of imidazole rings is 1. The second kappa shape index (κ2) is 7.40. The second-order valence-corrected chi connectivity index (χ2v) is 7.74. The van der Waals surface area contributed by atoms with Crippen molar-refractivity contribution in [3.8, 4) is 0 Å². The van der Waals surface area contributed by atoms with Gasteiger partial charge in [0.25, 0.3) is 5.91 Å². The maximum absolute atomic E-state index is 14.2. The average molecular weight is 412 g/mol. The van der Waals surface area contributed by atoms with Crippen LogP contribution in [0.5, 0.6) is 0 Å². The third kappa shape index (κ3) is 3.36. The number of aryl methyl sites for hydroxylation is 1. The molecule has 0 saturated heterocycles. The summed E-state index contributed by atoms with van der Waals surface area (Å²) in [7, 11) is 0. The maximum atomic E-state index is 14.2. The van der Waals surface area contributed by atoms with Gasteiger partial charge in [-0.05, 0) is 55.8 Å². The molecule has 6 heteroatoms. The smallest absolute Gasteiger partial charge is 0.255 e. The van der Waals surface area contributed by atoms with E-state index in [9.17, 15) is 9.18 Å². The molecule has 4 aromatic rings. The molecule has 1 aliphatic heterocycles. The SMILES string of the molecule is CC1=C(C(=O)Nc2ccc(C)cc2)[C@@H](c2cccc(F)c2)n2c(nc3ccccc32)N1. The van der Waals surface area contributed by atoms with Crippen LogP contribution in [0, 0.1) is 12.7 Å². The summed E-state index contributed by atoms with van der Waals surface area (Å²) in [5.41, 5.74) is 5.37. The van der Waals surface area contributed by atoms with Crippen molar-refractivity contribution in [2.45, 2.75) is 19.9 Å². The standard InChI is InChI=1S/C25H21FN4O/c1-15-10-12-19(13-11-15)28-24(31)22-16(2)27-25-29-20-8-3-4-9-21(20)30(25)23(22)17-6-5-7-18(26)14-17/h3-14,23H,1-2H3,(H,27,29)(H,28,31)/t23-/m1/s1. The number of para-hydroxylation sites is 2. The Balaban J connectivity index is 1.66. The third-order valence-corrected chi connectivity index (χ3v) is 5.55. The molecule has 0 fully saturated rings. The van der Waals surface area contributed by atoms with Crippen LogP contribution >= 0.6 is 0 Å². The zero-order chi connectivity index (χ0) is 21.5. The fraction of sp³-hybridized carbons (Fsp3) is 0.120. The molecule has 0 unspecified atom stereocenters. The molecule has 0 bridgehead atoms.